The second-order valence-electron chi connectivity index (χ2n) is 3.84. The number of hydrogen-bond donors (Lipinski definition) is 1. The number of carbonyl (C=O) groups excluding carboxylic acids is 1. The van der Waals surface area contributed by atoms with E-state index in [-0.39, 0.29) is 5.91 Å². The van der Waals surface area contributed by atoms with Crippen molar-refractivity contribution in [2.24, 2.45) is 5.73 Å². The van der Waals surface area contributed by atoms with Crippen molar-refractivity contribution in [3.8, 4) is 5.75 Å². The van der Waals surface area contributed by atoms with E-state index in [2.05, 4.69) is 4.98 Å². The van der Waals surface area contributed by atoms with Gasteiger partial charge >= 0.3 is 0 Å². The fraction of sp³-hybridized carbons (Fsp3) is 0.538. The smallest absolute Gasteiger partial charge is 0.272 e. The van der Waals surface area contributed by atoms with E-state index in [9.17, 15) is 4.79 Å². The predicted octanol–water partition coefficient (Wildman–Crippen LogP) is 1.29. The molecule has 0 saturated carbocycles. The summed E-state index contributed by atoms with van der Waals surface area (Å²) < 4.78 is 5.49. The van der Waals surface area contributed by atoms with Gasteiger partial charge < -0.3 is 15.4 Å². The number of carbonyl (C=O) groups is 1. The Balaban J connectivity index is 2.71. The van der Waals surface area contributed by atoms with E-state index in [0.717, 1.165) is 6.42 Å². The molecule has 1 aromatic heterocycles. The first kappa shape index (κ1) is 14.4. The van der Waals surface area contributed by atoms with Crippen LogP contribution in [0, 0.1) is 0 Å². The first-order valence-electron chi connectivity index (χ1n) is 6.31. The Hall–Kier alpha value is -1.62. The quantitative estimate of drug-likeness (QED) is 0.741. The molecule has 0 spiro atoms. The second-order valence-corrected chi connectivity index (χ2v) is 3.84. The van der Waals surface area contributed by atoms with Crippen molar-refractivity contribution in [2.75, 3.05) is 26.2 Å². The molecule has 1 amide bonds. The second kappa shape index (κ2) is 7.66. The Labute approximate surface area is 108 Å². The van der Waals surface area contributed by atoms with Crippen LogP contribution in [0.1, 0.15) is 30.8 Å². The van der Waals surface area contributed by atoms with E-state index in [4.69, 9.17) is 10.5 Å². The summed E-state index contributed by atoms with van der Waals surface area (Å²) in [5.74, 6) is 0.596. The number of ether oxygens (including phenoxy) is 1. The molecule has 2 N–H and O–H groups in total. The number of nitrogens with zero attached hydrogens (tertiary/aromatic N) is 2. The molecular weight excluding hydrogens is 230 g/mol. The van der Waals surface area contributed by atoms with E-state index in [1.165, 1.54) is 0 Å². The van der Waals surface area contributed by atoms with Crippen LogP contribution >= 0.6 is 0 Å². The summed E-state index contributed by atoms with van der Waals surface area (Å²) in [7, 11) is 0. The number of hydrogen-bond acceptors (Lipinski definition) is 4. The van der Waals surface area contributed by atoms with Crippen LogP contribution in [-0.2, 0) is 0 Å². The molecule has 0 aromatic carbocycles. The largest absolute Gasteiger partial charge is 0.493 e. The highest BCUT2D eigenvalue weighted by Crippen LogP contribution is 2.12. The van der Waals surface area contributed by atoms with Crippen LogP contribution in [0.3, 0.4) is 0 Å². The first-order chi connectivity index (χ1) is 8.72. The maximum Gasteiger partial charge on any atom is 0.272 e. The summed E-state index contributed by atoms with van der Waals surface area (Å²) in [5, 5.41) is 0. The third-order valence-electron chi connectivity index (χ3n) is 2.62. The minimum absolute atomic E-state index is 0.0655. The average Bonchev–Trinajstić information content (AvgIpc) is 2.41. The number of aromatic nitrogens is 1. The summed E-state index contributed by atoms with van der Waals surface area (Å²) in [5.41, 5.74) is 5.81. The van der Waals surface area contributed by atoms with E-state index in [1.54, 1.807) is 23.2 Å². The van der Waals surface area contributed by atoms with Gasteiger partial charge in [-0.05, 0) is 32.9 Å². The third-order valence-corrected chi connectivity index (χ3v) is 2.62. The standard InChI is InChI=1S/C13H21N3O2/c1-3-16(4-2)13(17)12-10-11(6-8-15-12)18-9-5-7-14/h6,8,10H,3-5,7,9,14H2,1-2H3. The average molecular weight is 251 g/mol. The van der Waals surface area contributed by atoms with Gasteiger partial charge in [-0.3, -0.25) is 9.78 Å². The van der Waals surface area contributed by atoms with E-state index >= 15 is 0 Å². The summed E-state index contributed by atoms with van der Waals surface area (Å²) in [4.78, 5) is 17.9. The molecule has 0 aliphatic rings. The number of nitrogens with two attached hydrogens (primary N) is 1. The minimum atomic E-state index is -0.0655. The Kier molecular flexibility index (Phi) is 6.14. The lowest BCUT2D eigenvalue weighted by atomic mass is 10.3. The van der Waals surface area contributed by atoms with Gasteiger partial charge in [0.2, 0.25) is 0 Å². The van der Waals surface area contributed by atoms with Gasteiger partial charge in [0.25, 0.3) is 5.91 Å². The Bertz CT molecular complexity index is 378. The van der Waals surface area contributed by atoms with Crippen molar-refractivity contribution >= 4 is 5.91 Å². The van der Waals surface area contributed by atoms with E-state index in [0.29, 0.717) is 37.7 Å². The third kappa shape index (κ3) is 4.00. The highest BCUT2D eigenvalue weighted by Gasteiger charge is 2.14. The van der Waals surface area contributed by atoms with Crippen molar-refractivity contribution in [1.29, 1.82) is 0 Å². The zero-order chi connectivity index (χ0) is 13.4. The molecule has 0 aliphatic carbocycles. The summed E-state index contributed by atoms with van der Waals surface area (Å²) in [6.07, 6.45) is 2.39. The number of rotatable bonds is 7. The van der Waals surface area contributed by atoms with Crippen LogP contribution in [0.5, 0.6) is 5.75 Å². The van der Waals surface area contributed by atoms with Crippen LogP contribution in [0.2, 0.25) is 0 Å². The predicted molar refractivity (Wildman–Crippen MR) is 70.7 cm³/mol. The maximum atomic E-state index is 12.1. The topological polar surface area (TPSA) is 68.5 Å². The van der Waals surface area contributed by atoms with Crippen molar-refractivity contribution in [1.82, 2.24) is 9.88 Å². The SMILES string of the molecule is CCN(CC)C(=O)c1cc(OCCCN)ccn1. The fourth-order valence-corrected chi connectivity index (χ4v) is 1.56. The lowest BCUT2D eigenvalue weighted by molar-refractivity contribution is 0.0766. The van der Waals surface area contributed by atoms with E-state index < -0.39 is 0 Å². The lowest BCUT2D eigenvalue weighted by Gasteiger charge is -2.18. The zero-order valence-electron chi connectivity index (χ0n) is 11.1. The molecule has 18 heavy (non-hydrogen) atoms. The van der Waals surface area contributed by atoms with Crippen molar-refractivity contribution in [2.45, 2.75) is 20.3 Å². The Morgan fingerprint density at radius 2 is 2.17 bits per heavy atom. The molecular formula is C13H21N3O2. The number of amides is 1. The lowest BCUT2D eigenvalue weighted by Crippen LogP contribution is -2.31. The number of pyridine rings is 1. The molecule has 100 valence electrons. The van der Waals surface area contributed by atoms with Gasteiger partial charge in [0, 0.05) is 25.4 Å². The molecule has 5 nitrogen and oxygen atoms in total. The van der Waals surface area contributed by atoms with Crippen LogP contribution in [0.4, 0.5) is 0 Å². The van der Waals surface area contributed by atoms with Crippen LogP contribution < -0.4 is 10.5 Å². The molecule has 0 radical (unpaired) electrons. The minimum Gasteiger partial charge on any atom is -0.493 e. The molecule has 1 aromatic rings. The molecule has 0 atom stereocenters. The van der Waals surface area contributed by atoms with Gasteiger partial charge in [-0.25, -0.2) is 0 Å². The molecule has 0 aliphatic heterocycles. The Morgan fingerprint density at radius 1 is 1.44 bits per heavy atom. The highest BCUT2D eigenvalue weighted by atomic mass is 16.5. The van der Waals surface area contributed by atoms with Crippen LogP contribution in [0.15, 0.2) is 18.3 Å². The first-order valence-corrected chi connectivity index (χ1v) is 6.31. The molecule has 0 bridgehead atoms. The van der Waals surface area contributed by atoms with Crippen molar-refractivity contribution < 1.29 is 9.53 Å². The summed E-state index contributed by atoms with van der Waals surface area (Å²) in [6.45, 7) is 6.40. The monoisotopic (exact) mass is 251 g/mol. The van der Waals surface area contributed by atoms with Gasteiger partial charge in [-0.1, -0.05) is 0 Å². The molecule has 5 heteroatoms. The van der Waals surface area contributed by atoms with Crippen molar-refractivity contribution in [3.05, 3.63) is 24.0 Å². The molecule has 1 heterocycles. The van der Waals surface area contributed by atoms with Crippen LogP contribution in [0.25, 0.3) is 0 Å². The summed E-state index contributed by atoms with van der Waals surface area (Å²) in [6, 6.07) is 3.42. The molecule has 1 rings (SSSR count). The molecule has 0 unspecified atom stereocenters. The molecule has 0 fully saturated rings. The van der Waals surface area contributed by atoms with Gasteiger partial charge in [-0.2, -0.15) is 0 Å². The zero-order valence-corrected chi connectivity index (χ0v) is 11.1. The van der Waals surface area contributed by atoms with Crippen molar-refractivity contribution in [3.63, 3.8) is 0 Å². The van der Waals surface area contributed by atoms with E-state index in [1.807, 2.05) is 13.8 Å². The van der Waals surface area contributed by atoms with Crippen LogP contribution in [-0.4, -0.2) is 42.0 Å². The Morgan fingerprint density at radius 3 is 2.78 bits per heavy atom. The van der Waals surface area contributed by atoms with Gasteiger partial charge in [0.05, 0.1) is 6.61 Å². The van der Waals surface area contributed by atoms with Gasteiger partial charge in [0.1, 0.15) is 11.4 Å². The normalized spacial score (nSPS) is 10.2. The van der Waals surface area contributed by atoms with Gasteiger partial charge in [0.15, 0.2) is 0 Å². The molecule has 0 saturated heterocycles. The maximum absolute atomic E-state index is 12.1. The summed E-state index contributed by atoms with van der Waals surface area (Å²) >= 11 is 0. The highest BCUT2D eigenvalue weighted by molar-refractivity contribution is 5.92. The fourth-order valence-electron chi connectivity index (χ4n) is 1.56. The van der Waals surface area contributed by atoms with Gasteiger partial charge in [-0.15, -0.1) is 0 Å².